The largest absolute Gasteiger partial charge is 0.359 e. The summed E-state index contributed by atoms with van der Waals surface area (Å²) in [7, 11) is 2.09. The van der Waals surface area contributed by atoms with Crippen LogP contribution >= 0.6 is 0 Å². The fourth-order valence-corrected chi connectivity index (χ4v) is 2.46. The molecule has 0 bridgehead atoms. The van der Waals surface area contributed by atoms with E-state index in [2.05, 4.69) is 54.2 Å². The third-order valence-electron chi connectivity index (χ3n) is 3.60. The molecule has 106 valence electrons. The molecule has 1 aromatic carbocycles. The number of pyridine rings is 1. The Hall–Kier alpha value is -1.87. The minimum atomic E-state index is 0.532. The van der Waals surface area contributed by atoms with E-state index in [1.807, 2.05) is 13.0 Å². The first-order chi connectivity index (χ1) is 9.61. The van der Waals surface area contributed by atoms with Gasteiger partial charge in [-0.3, -0.25) is 0 Å². The van der Waals surface area contributed by atoms with Gasteiger partial charge >= 0.3 is 0 Å². The summed E-state index contributed by atoms with van der Waals surface area (Å²) in [5, 5.41) is 0. The van der Waals surface area contributed by atoms with Gasteiger partial charge in [0.15, 0.2) is 0 Å². The van der Waals surface area contributed by atoms with Gasteiger partial charge in [-0.05, 0) is 37.5 Å². The van der Waals surface area contributed by atoms with Crippen LogP contribution in [0.1, 0.15) is 22.4 Å². The van der Waals surface area contributed by atoms with E-state index < -0.39 is 0 Å². The number of hydrogen-bond acceptors (Lipinski definition) is 3. The lowest BCUT2D eigenvalue weighted by atomic mass is 10.1. The predicted octanol–water partition coefficient (Wildman–Crippen LogP) is 2.84. The number of benzene rings is 1. The maximum Gasteiger partial charge on any atom is 0.133 e. The highest BCUT2D eigenvalue weighted by Crippen LogP contribution is 2.21. The van der Waals surface area contributed by atoms with Crippen molar-refractivity contribution in [2.24, 2.45) is 5.73 Å². The first kappa shape index (κ1) is 14.5. The maximum absolute atomic E-state index is 5.88. The zero-order valence-electron chi connectivity index (χ0n) is 12.6. The Morgan fingerprint density at radius 2 is 1.85 bits per heavy atom. The molecule has 3 nitrogen and oxygen atoms in total. The van der Waals surface area contributed by atoms with E-state index in [0.29, 0.717) is 6.54 Å². The first-order valence-corrected chi connectivity index (χ1v) is 7.04. The Labute approximate surface area is 121 Å². The fourth-order valence-electron chi connectivity index (χ4n) is 2.46. The highest BCUT2D eigenvalue weighted by molar-refractivity contribution is 5.51. The van der Waals surface area contributed by atoms with E-state index in [4.69, 9.17) is 5.73 Å². The molecule has 0 unspecified atom stereocenters. The molecule has 0 fully saturated rings. The highest BCUT2D eigenvalue weighted by atomic mass is 15.2. The highest BCUT2D eigenvalue weighted by Gasteiger charge is 2.11. The number of aromatic nitrogens is 1. The second-order valence-electron chi connectivity index (χ2n) is 5.24. The second kappa shape index (κ2) is 6.53. The van der Waals surface area contributed by atoms with Crippen LogP contribution in [0.2, 0.25) is 0 Å². The molecule has 0 aliphatic heterocycles. The molecule has 1 aromatic heterocycles. The number of nitrogens with two attached hydrogens (primary N) is 1. The van der Waals surface area contributed by atoms with E-state index in [-0.39, 0.29) is 0 Å². The molecule has 20 heavy (non-hydrogen) atoms. The Morgan fingerprint density at radius 3 is 2.50 bits per heavy atom. The molecule has 0 amide bonds. The van der Waals surface area contributed by atoms with E-state index >= 15 is 0 Å². The molecule has 2 N–H and O–H groups in total. The lowest BCUT2D eigenvalue weighted by Gasteiger charge is -2.22. The maximum atomic E-state index is 5.88. The molecule has 0 radical (unpaired) electrons. The Morgan fingerprint density at radius 1 is 1.15 bits per heavy atom. The number of hydrogen-bond donors (Lipinski definition) is 1. The number of nitrogens with zero attached hydrogens (tertiary/aromatic N) is 2. The molecule has 0 aliphatic rings. The van der Waals surface area contributed by atoms with E-state index in [1.165, 1.54) is 11.1 Å². The molecule has 1 heterocycles. The van der Waals surface area contributed by atoms with Crippen molar-refractivity contribution in [3.8, 4) is 0 Å². The van der Waals surface area contributed by atoms with Gasteiger partial charge in [0.2, 0.25) is 0 Å². The average molecular weight is 269 g/mol. The summed E-state index contributed by atoms with van der Waals surface area (Å²) < 4.78 is 0. The van der Waals surface area contributed by atoms with Crippen LogP contribution in [0.5, 0.6) is 0 Å². The van der Waals surface area contributed by atoms with Gasteiger partial charge in [0.1, 0.15) is 5.82 Å². The molecular formula is C17H23N3. The van der Waals surface area contributed by atoms with Crippen LogP contribution in [-0.4, -0.2) is 18.6 Å². The number of rotatable bonds is 5. The summed E-state index contributed by atoms with van der Waals surface area (Å²) in [4.78, 5) is 6.87. The van der Waals surface area contributed by atoms with E-state index in [1.54, 1.807) is 0 Å². The summed E-state index contributed by atoms with van der Waals surface area (Å²) in [6.45, 7) is 5.60. The van der Waals surface area contributed by atoms with Crippen molar-refractivity contribution in [2.75, 3.05) is 18.5 Å². The van der Waals surface area contributed by atoms with Gasteiger partial charge in [-0.2, -0.15) is 0 Å². The summed E-state index contributed by atoms with van der Waals surface area (Å²) in [5.74, 6) is 1.01. The van der Waals surface area contributed by atoms with E-state index in [9.17, 15) is 0 Å². The van der Waals surface area contributed by atoms with Crippen molar-refractivity contribution < 1.29 is 0 Å². The minimum absolute atomic E-state index is 0.532. The van der Waals surface area contributed by atoms with Gasteiger partial charge in [0, 0.05) is 31.4 Å². The normalized spacial score (nSPS) is 10.6. The smallest absolute Gasteiger partial charge is 0.133 e. The molecule has 2 aromatic rings. The quantitative estimate of drug-likeness (QED) is 0.907. The lowest BCUT2D eigenvalue weighted by Crippen LogP contribution is -2.24. The second-order valence-corrected chi connectivity index (χ2v) is 5.24. The predicted molar refractivity (Wildman–Crippen MR) is 85.0 cm³/mol. The molecular weight excluding hydrogens is 246 g/mol. The third kappa shape index (κ3) is 3.36. The number of likely N-dealkylation sites (N-methyl/N-ethyl adjacent to an activating group) is 1. The van der Waals surface area contributed by atoms with Gasteiger partial charge in [-0.25, -0.2) is 4.98 Å². The summed E-state index contributed by atoms with van der Waals surface area (Å²) in [5.41, 5.74) is 10.6. The summed E-state index contributed by atoms with van der Waals surface area (Å²) in [6.07, 6.45) is 1.01. The summed E-state index contributed by atoms with van der Waals surface area (Å²) in [6, 6.07) is 12.6. The van der Waals surface area contributed by atoms with Crippen LogP contribution in [0.4, 0.5) is 5.82 Å². The van der Waals surface area contributed by atoms with Crippen LogP contribution in [0.25, 0.3) is 0 Å². The zero-order valence-corrected chi connectivity index (χ0v) is 12.6. The van der Waals surface area contributed by atoms with Gasteiger partial charge in [-0.1, -0.05) is 30.3 Å². The van der Waals surface area contributed by atoms with Crippen LogP contribution in [0, 0.1) is 13.8 Å². The first-order valence-electron chi connectivity index (χ1n) is 7.04. The Bertz CT molecular complexity index is 564. The van der Waals surface area contributed by atoms with Crippen molar-refractivity contribution in [1.29, 1.82) is 0 Å². The van der Waals surface area contributed by atoms with Crippen LogP contribution in [-0.2, 0) is 13.0 Å². The molecule has 0 spiro atoms. The van der Waals surface area contributed by atoms with Crippen molar-refractivity contribution in [3.05, 3.63) is 58.8 Å². The summed E-state index contributed by atoms with van der Waals surface area (Å²) >= 11 is 0. The van der Waals surface area contributed by atoms with Gasteiger partial charge < -0.3 is 10.6 Å². The Kier molecular flexibility index (Phi) is 4.74. The topological polar surface area (TPSA) is 42.1 Å². The minimum Gasteiger partial charge on any atom is -0.359 e. The van der Waals surface area contributed by atoms with Gasteiger partial charge in [0.25, 0.3) is 0 Å². The van der Waals surface area contributed by atoms with Crippen LogP contribution in [0.3, 0.4) is 0 Å². The third-order valence-corrected chi connectivity index (χ3v) is 3.60. The number of aryl methyl sites for hydroxylation is 2. The number of anilines is 1. The standard InChI is InChI=1S/C17H23N3/c1-13-11-14(2)19-17(16(13)12-18)20(3)10-9-15-7-5-4-6-8-15/h4-8,11H,9-10,12,18H2,1-3H3. The van der Waals surface area contributed by atoms with Crippen LogP contribution < -0.4 is 10.6 Å². The van der Waals surface area contributed by atoms with Crippen LogP contribution in [0.15, 0.2) is 36.4 Å². The average Bonchev–Trinajstić information content (AvgIpc) is 2.45. The van der Waals surface area contributed by atoms with Crippen molar-refractivity contribution in [1.82, 2.24) is 4.98 Å². The lowest BCUT2D eigenvalue weighted by molar-refractivity contribution is 0.839. The molecule has 0 aliphatic carbocycles. The van der Waals surface area contributed by atoms with Crippen molar-refractivity contribution in [3.63, 3.8) is 0 Å². The molecule has 2 rings (SSSR count). The van der Waals surface area contributed by atoms with Crippen molar-refractivity contribution >= 4 is 5.82 Å². The molecule has 0 saturated heterocycles. The fraction of sp³-hybridized carbons (Fsp3) is 0.353. The molecule has 0 atom stereocenters. The zero-order chi connectivity index (χ0) is 14.5. The SMILES string of the molecule is Cc1cc(C)c(CN)c(N(C)CCc2ccccc2)n1. The molecule has 0 saturated carbocycles. The monoisotopic (exact) mass is 269 g/mol. The Balaban J connectivity index is 2.14. The molecule has 3 heteroatoms. The van der Waals surface area contributed by atoms with Gasteiger partial charge in [0.05, 0.1) is 0 Å². The van der Waals surface area contributed by atoms with Gasteiger partial charge in [-0.15, -0.1) is 0 Å². The van der Waals surface area contributed by atoms with E-state index in [0.717, 1.165) is 30.0 Å². The van der Waals surface area contributed by atoms with Crippen molar-refractivity contribution in [2.45, 2.75) is 26.8 Å².